The van der Waals surface area contributed by atoms with E-state index >= 15 is 0 Å². The van der Waals surface area contributed by atoms with E-state index in [0.717, 1.165) is 12.5 Å². The van der Waals surface area contributed by atoms with E-state index in [2.05, 4.69) is 4.90 Å². The van der Waals surface area contributed by atoms with Crippen molar-refractivity contribution in [3.8, 4) is 0 Å². The Kier molecular flexibility index (Phi) is 5.11. The standard InChI is InChI=1S/C14H28N2/c15-14(13-8-4-3-5-9-13)12-16-10-6-1-2-7-11-16/h13-14H,1-12,15H2. The number of rotatable bonds is 3. The minimum absolute atomic E-state index is 0.443. The van der Waals surface area contributed by atoms with Gasteiger partial charge in [0.15, 0.2) is 0 Å². The number of nitrogens with zero attached hydrogens (tertiary/aromatic N) is 1. The molecule has 94 valence electrons. The Morgan fingerprint density at radius 2 is 1.44 bits per heavy atom. The van der Waals surface area contributed by atoms with Gasteiger partial charge in [-0.3, -0.25) is 0 Å². The summed E-state index contributed by atoms with van der Waals surface area (Å²) in [6.07, 6.45) is 12.7. The van der Waals surface area contributed by atoms with Crippen LogP contribution in [-0.4, -0.2) is 30.6 Å². The van der Waals surface area contributed by atoms with E-state index in [0.29, 0.717) is 6.04 Å². The molecule has 0 amide bonds. The molecule has 2 N–H and O–H groups in total. The molecular formula is C14H28N2. The second-order valence-corrected chi connectivity index (χ2v) is 5.78. The smallest absolute Gasteiger partial charge is 0.0196 e. The molecule has 0 aromatic heterocycles. The van der Waals surface area contributed by atoms with Crippen LogP contribution >= 0.6 is 0 Å². The summed E-state index contributed by atoms with van der Waals surface area (Å²) in [7, 11) is 0. The van der Waals surface area contributed by atoms with E-state index < -0.39 is 0 Å². The molecule has 2 rings (SSSR count). The summed E-state index contributed by atoms with van der Waals surface area (Å²) in [5.74, 6) is 0.817. The molecule has 0 radical (unpaired) electrons. The van der Waals surface area contributed by atoms with Gasteiger partial charge in [-0.15, -0.1) is 0 Å². The van der Waals surface area contributed by atoms with Gasteiger partial charge in [0, 0.05) is 12.6 Å². The Hall–Kier alpha value is -0.0800. The normalized spacial score (nSPS) is 27.6. The third kappa shape index (κ3) is 3.74. The molecule has 2 heteroatoms. The summed E-state index contributed by atoms with van der Waals surface area (Å²) < 4.78 is 0. The van der Waals surface area contributed by atoms with Crippen LogP contribution in [0.15, 0.2) is 0 Å². The van der Waals surface area contributed by atoms with E-state index in [1.165, 1.54) is 70.9 Å². The molecule has 16 heavy (non-hydrogen) atoms. The lowest BCUT2D eigenvalue weighted by Crippen LogP contribution is -2.43. The van der Waals surface area contributed by atoms with Crippen LogP contribution in [0.25, 0.3) is 0 Å². The number of hydrogen-bond donors (Lipinski definition) is 1. The van der Waals surface area contributed by atoms with Crippen molar-refractivity contribution < 1.29 is 0 Å². The summed E-state index contributed by atoms with van der Waals surface area (Å²) >= 11 is 0. The molecule has 1 heterocycles. The molecule has 1 unspecified atom stereocenters. The Morgan fingerprint density at radius 1 is 0.875 bits per heavy atom. The first-order valence-electron chi connectivity index (χ1n) is 7.34. The lowest BCUT2D eigenvalue weighted by molar-refractivity contribution is 0.211. The third-order valence-corrected chi connectivity index (χ3v) is 4.42. The zero-order valence-corrected chi connectivity index (χ0v) is 10.7. The average molecular weight is 224 g/mol. The van der Waals surface area contributed by atoms with Gasteiger partial charge in [-0.2, -0.15) is 0 Å². The van der Waals surface area contributed by atoms with Crippen molar-refractivity contribution in [2.75, 3.05) is 19.6 Å². The van der Waals surface area contributed by atoms with Gasteiger partial charge in [-0.25, -0.2) is 0 Å². The van der Waals surface area contributed by atoms with Gasteiger partial charge in [0.25, 0.3) is 0 Å². The molecular weight excluding hydrogens is 196 g/mol. The van der Waals surface area contributed by atoms with Gasteiger partial charge in [-0.1, -0.05) is 32.1 Å². The molecule has 1 saturated heterocycles. The van der Waals surface area contributed by atoms with Crippen molar-refractivity contribution in [1.82, 2.24) is 4.90 Å². The van der Waals surface area contributed by atoms with Crippen molar-refractivity contribution in [3.63, 3.8) is 0 Å². The van der Waals surface area contributed by atoms with E-state index in [4.69, 9.17) is 5.73 Å². The van der Waals surface area contributed by atoms with Crippen molar-refractivity contribution in [2.24, 2.45) is 11.7 Å². The number of nitrogens with two attached hydrogens (primary N) is 1. The fourth-order valence-electron chi connectivity index (χ4n) is 3.33. The fraction of sp³-hybridized carbons (Fsp3) is 1.00. The highest BCUT2D eigenvalue weighted by molar-refractivity contribution is 4.80. The maximum absolute atomic E-state index is 6.39. The first-order chi connectivity index (χ1) is 7.86. The topological polar surface area (TPSA) is 29.3 Å². The van der Waals surface area contributed by atoms with E-state index in [9.17, 15) is 0 Å². The van der Waals surface area contributed by atoms with Crippen molar-refractivity contribution in [2.45, 2.75) is 63.8 Å². The van der Waals surface area contributed by atoms with Gasteiger partial charge < -0.3 is 10.6 Å². The zero-order valence-electron chi connectivity index (χ0n) is 10.7. The largest absolute Gasteiger partial charge is 0.326 e. The van der Waals surface area contributed by atoms with Crippen LogP contribution in [0.3, 0.4) is 0 Å². The quantitative estimate of drug-likeness (QED) is 0.798. The van der Waals surface area contributed by atoms with Crippen LogP contribution in [0.5, 0.6) is 0 Å². The maximum atomic E-state index is 6.39. The Balaban J connectivity index is 1.73. The number of likely N-dealkylation sites (tertiary alicyclic amines) is 1. The minimum Gasteiger partial charge on any atom is -0.326 e. The van der Waals surface area contributed by atoms with Gasteiger partial charge in [0.2, 0.25) is 0 Å². The molecule has 2 nitrogen and oxygen atoms in total. The second kappa shape index (κ2) is 6.61. The van der Waals surface area contributed by atoms with Gasteiger partial charge in [0.05, 0.1) is 0 Å². The first-order valence-corrected chi connectivity index (χ1v) is 7.34. The molecule has 0 aromatic rings. The van der Waals surface area contributed by atoms with Crippen LogP contribution in [0.4, 0.5) is 0 Å². The number of hydrogen-bond acceptors (Lipinski definition) is 2. The molecule has 0 bridgehead atoms. The molecule has 0 spiro atoms. The maximum Gasteiger partial charge on any atom is 0.0196 e. The van der Waals surface area contributed by atoms with E-state index in [-0.39, 0.29) is 0 Å². The van der Waals surface area contributed by atoms with Crippen LogP contribution in [-0.2, 0) is 0 Å². The SMILES string of the molecule is NC(CN1CCCCCC1)C1CCCCC1. The third-order valence-electron chi connectivity index (χ3n) is 4.42. The summed E-state index contributed by atoms with van der Waals surface area (Å²) in [6, 6.07) is 0.443. The predicted octanol–water partition coefficient (Wildman–Crippen LogP) is 2.77. The highest BCUT2D eigenvalue weighted by Gasteiger charge is 2.22. The van der Waals surface area contributed by atoms with Crippen molar-refractivity contribution in [3.05, 3.63) is 0 Å². The lowest BCUT2D eigenvalue weighted by Gasteiger charge is -2.31. The molecule has 1 saturated carbocycles. The molecule has 1 atom stereocenters. The summed E-state index contributed by atoms with van der Waals surface area (Å²) in [4.78, 5) is 2.62. The van der Waals surface area contributed by atoms with Crippen molar-refractivity contribution >= 4 is 0 Å². The van der Waals surface area contributed by atoms with Crippen molar-refractivity contribution in [1.29, 1.82) is 0 Å². The summed E-state index contributed by atoms with van der Waals surface area (Å²) in [5, 5.41) is 0. The van der Waals surface area contributed by atoms with Gasteiger partial charge >= 0.3 is 0 Å². The Morgan fingerprint density at radius 3 is 2.06 bits per heavy atom. The molecule has 1 aliphatic heterocycles. The predicted molar refractivity (Wildman–Crippen MR) is 69.5 cm³/mol. The van der Waals surface area contributed by atoms with E-state index in [1.54, 1.807) is 0 Å². The fourth-order valence-corrected chi connectivity index (χ4v) is 3.33. The summed E-state index contributed by atoms with van der Waals surface area (Å²) in [5.41, 5.74) is 6.39. The molecule has 0 aromatic carbocycles. The molecule has 2 fully saturated rings. The highest BCUT2D eigenvalue weighted by Crippen LogP contribution is 2.26. The van der Waals surface area contributed by atoms with Crippen LogP contribution < -0.4 is 5.73 Å². The van der Waals surface area contributed by atoms with Crippen LogP contribution in [0, 0.1) is 5.92 Å². The van der Waals surface area contributed by atoms with Crippen LogP contribution in [0.2, 0.25) is 0 Å². The van der Waals surface area contributed by atoms with Gasteiger partial charge in [-0.05, 0) is 44.7 Å². The van der Waals surface area contributed by atoms with Crippen LogP contribution in [0.1, 0.15) is 57.8 Å². The second-order valence-electron chi connectivity index (χ2n) is 5.78. The zero-order chi connectivity index (χ0) is 11.2. The first kappa shape index (κ1) is 12.4. The minimum atomic E-state index is 0.443. The van der Waals surface area contributed by atoms with Gasteiger partial charge in [0.1, 0.15) is 0 Å². The monoisotopic (exact) mass is 224 g/mol. The van der Waals surface area contributed by atoms with E-state index in [1.807, 2.05) is 0 Å². The lowest BCUT2D eigenvalue weighted by atomic mass is 9.84. The average Bonchev–Trinajstić information content (AvgIpc) is 2.59. The summed E-state index contributed by atoms with van der Waals surface area (Å²) in [6.45, 7) is 3.74. The molecule has 2 aliphatic rings. The Bertz CT molecular complexity index is 179. The highest BCUT2D eigenvalue weighted by atomic mass is 15.1. The Labute approximate surface area is 101 Å². The molecule has 1 aliphatic carbocycles.